The highest BCUT2D eigenvalue weighted by Crippen LogP contribution is 2.47. The van der Waals surface area contributed by atoms with E-state index in [0.29, 0.717) is 12.1 Å². The van der Waals surface area contributed by atoms with E-state index < -0.39 is 18.1 Å². The normalized spacial score (nSPS) is 16.9. The number of rotatable bonds is 13. The van der Waals surface area contributed by atoms with Crippen LogP contribution >= 0.6 is 0 Å². The van der Waals surface area contributed by atoms with Crippen LogP contribution in [0.1, 0.15) is 65.5 Å². The molecule has 0 aromatic heterocycles. The Labute approximate surface area is 186 Å². The van der Waals surface area contributed by atoms with Crippen LogP contribution in [0.2, 0.25) is 0 Å². The zero-order valence-corrected chi connectivity index (χ0v) is 20.1. The Morgan fingerprint density at radius 2 is 1.42 bits per heavy atom. The second-order valence-electron chi connectivity index (χ2n) is 7.62. The zero-order chi connectivity index (χ0) is 23.2. The van der Waals surface area contributed by atoms with Gasteiger partial charge < -0.3 is 34.5 Å². The van der Waals surface area contributed by atoms with Gasteiger partial charge in [-0.2, -0.15) is 0 Å². The molecule has 0 spiro atoms. The van der Waals surface area contributed by atoms with Gasteiger partial charge in [0.15, 0.2) is 0 Å². The van der Waals surface area contributed by atoms with Gasteiger partial charge in [-0.25, -0.2) is 0 Å². The summed E-state index contributed by atoms with van der Waals surface area (Å²) in [5, 5.41) is 11.2. The van der Waals surface area contributed by atoms with E-state index in [1.807, 2.05) is 46.8 Å². The maximum Gasteiger partial charge on any atom is 0.363 e. The Bertz CT molecular complexity index is 689. The molecule has 3 N–H and O–H groups in total. The number of aliphatic hydroxyl groups is 1. The topological polar surface area (TPSA) is 95.6 Å². The molecule has 1 aliphatic heterocycles. The van der Waals surface area contributed by atoms with Crippen molar-refractivity contribution in [3.05, 3.63) is 23.3 Å². The minimum atomic E-state index is -1.72. The number of nitrogen functional groups attached to an aromatic ring is 1. The fourth-order valence-electron chi connectivity index (χ4n) is 4.22. The molecule has 0 saturated heterocycles. The van der Waals surface area contributed by atoms with Crippen molar-refractivity contribution in [3.63, 3.8) is 0 Å². The zero-order valence-electron chi connectivity index (χ0n) is 20.1. The van der Waals surface area contributed by atoms with Crippen molar-refractivity contribution < 1.29 is 28.8 Å². The van der Waals surface area contributed by atoms with E-state index in [9.17, 15) is 5.11 Å². The van der Waals surface area contributed by atoms with Gasteiger partial charge in [0.1, 0.15) is 6.23 Å². The van der Waals surface area contributed by atoms with Crippen molar-refractivity contribution in [1.29, 1.82) is 0 Å². The fraction of sp³-hybridized carbons (Fsp3) is 0.739. The van der Waals surface area contributed by atoms with Crippen LogP contribution in [0.3, 0.4) is 0 Å². The lowest BCUT2D eigenvalue weighted by Gasteiger charge is -2.52. The molecule has 178 valence electrons. The van der Waals surface area contributed by atoms with Gasteiger partial charge >= 0.3 is 11.9 Å². The molecule has 1 unspecified atom stereocenters. The average Bonchev–Trinajstić information content (AvgIpc) is 3.02. The molecule has 0 bridgehead atoms. The fourth-order valence-corrected chi connectivity index (χ4v) is 4.22. The highest BCUT2D eigenvalue weighted by molar-refractivity contribution is 5.68. The molecular formula is C23H40N2O6. The molecule has 1 atom stereocenters. The van der Waals surface area contributed by atoms with Gasteiger partial charge in [-0.15, -0.1) is 0 Å². The van der Waals surface area contributed by atoms with Gasteiger partial charge in [-0.1, -0.05) is 13.8 Å². The van der Waals surface area contributed by atoms with Gasteiger partial charge in [0, 0.05) is 50.8 Å². The molecule has 0 saturated carbocycles. The first-order chi connectivity index (χ1) is 14.8. The number of nitrogens with two attached hydrogens (primary N) is 1. The van der Waals surface area contributed by atoms with E-state index in [2.05, 4.69) is 13.8 Å². The number of fused-ring (bicyclic) bond motifs is 1. The third-order valence-electron chi connectivity index (χ3n) is 5.25. The maximum atomic E-state index is 11.2. The lowest BCUT2D eigenvalue weighted by atomic mass is 9.98. The summed E-state index contributed by atoms with van der Waals surface area (Å²) >= 11 is 0. The standard InChI is InChI=1S/C23H40N2O6/c1-8-27-22(28-9-2,23(29-10-3,30-11-4)31-12-5)25-20-15-18(16(6)7)19(24)13-17(20)14-21(25)26/h13,15-16,21,26H,8-12,14,24H2,1-7H3. The molecule has 0 aliphatic carbocycles. The second-order valence-corrected chi connectivity index (χ2v) is 7.62. The summed E-state index contributed by atoms with van der Waals surface area (Å²) in [7, 11) is 0. The van der Waals surface area contributed by atoms with Crippen LogP contribution in [0.4, 0.5) is 11.4 Å². The summed E-state index contributed by atoms with van der Waals surface area (Å²) in [4.78, 5) is 1.68. The van der Waals surface area contributed by atoms with Gasteiger partial charge in [0.25, 0.3) is 0 Å². The molecule has 1 aliphatic rings. The van der Waals surface area contributed by atoms with Gasteiger partial charge in [0.2, 0.25) is 0 Å². The van der Waals surface area contributed by atoms with Crippen LogP contribution in [-0.2, 0) is 30.1 Å². The van der Waals surface area contributed by atoms with Crippen molar-refractivity contribution >= 4 is 11.4 Å². The second kappa shape index (κ2) is 10.9. The van der Waals surface area contributed by atoms with Crippen molar-refractivity contribution in [2.24, 2.45) is 0 Å². The minimum absolute atomic E-state index is 0.203. The smallest absolute Gasteiger partial charge is 0.363 e. The van der Waals surface area contributed by atoms with Crippen LogP contribution in [-0.4, -0.2) is 56.3 Å². The van der Waals surface area contributed by atoms with Crippen LogP contribution in [0, 0.1) is 0 Å². The first-order valence-corrected chi connectivity index (χ1v) is 11.4. The summed E-state index contributed by atoms with van der Waals surface area (Å²) in [6.07, 6.45) is -0.587. The first kappa shape index (κ1) is 25.8. The number of nitrogens with zero attached hydrogens (tertiary/aromatic N) is 1. The number of hydrogen-bond acceptors (Lipinski definition) is 8. The van der Waals surface area contributed by atoms with E-state index in [1.54, 1.807) is 4.90 Å². The van der Waals surface area contributed by atoms with E-state index in [0.717, 1.165) is 16.8 Å². The Morgan fingerprint density at radius 3 is 1.84 bits per heavy atom. The quantitative estimate of drug-likeness (QED) is 0.355. The molecule has 31 heavy (non-hydrogen) atoms. The molecule has 8 nitrogen and oxygen atoms in total. The number of aliphatic hydroxyl groups excluding tert-OH is 1. The molecule has 1 heterocycles. The Morgan fingerprint density at radius 1 is 0.935 bits per heavy atom. The summed E-state index contributed by atoms with van der Waals surface area (Å²) < 4.78 is 30.8. The maximum absolute atomic E-state index is 11.2. The van der Waals surface area contributed by atoms with E-state index in [1.165, 1.54) is 0 Å². The van der Waals surface area contributed by atoms with Crippen LogP contribution < -0.4 is 10.6 Å². The summed E-state index contributed by atoms with van der Waals surface area (Å²) in [5.74, 6) is -3.21. The Balaban J connectivity index is 2.80. The molecule has 8 heteroatoms. The summed E-state index contributed by atoms with van der Waals surface area (Å²) in [6.45, 7) is 14.8. The number of hydrogen-bond donors (Lipinski definition) is 2. The van der Waals surface area contributed by atoms with E-state index in [-0.39, 0.29) is 39.0 Å². The van der Waals surface area contributed by atoms with Gasteiger partial charge in [-0.05, 0) is 63.8 Å². The molecule has 0 amide bonds. The lowest BCUT2D eigenvalue weighted by molar-refractivity contribution is -0.497. The minimum Gasteiger partial charge on any atom is -0.398 e. The predicted molar refractivity (Wildman–Crippen MR) is 121 cm³/mol. The van der Waals surface area contributed by atoms with Crippen molar-refractivity contribution in [2.45, 2.75) is 78.9 Å². The first-order valence-electron chi connectivity index (χ1n) is 11.4. The van der Waals surface area contributed by atoms with Gasteiger partial charge in [-0.3, -0.25) is 4.90 Å². The molecule has 0 fully saturated rings. The van der Waals surface area contributed by atoms with E-state index >= 15 is 0 Å². The highest BCUT2D eigenvalue weighted by Gasteiger charge is 2.65. The van der Waals surface area contributed by atoms with Crippen molar-refractivity contribution in [2.75, 3.05) is 43.7 Å². The highest BCUT2D eigenvalue weighted by atomic mass is 16.9. The predicted octanol–water partition coefficient (Wildman–Crippen LogP) is 3.56. The van der Waals surface area contributed by atoms with Gasteiger partial charge in [0.05, 0.1) is 0 Å². The average molecular weight is 441 g/mol. The van der Waals surface area contributed by atoms with Crippen molar-refractivity contribution in [1.82, 2.24) is 0 Å². The summed E-state index contributed by atoms with van der Waals surface area (Å²) in [6, 6.07) is 3.91. The van der Waals surface area contributed by atoms with Crippen LogP contribution in [0.25, 0.3) is 0 Å². The molecule has 1 aromatic carbocycles. The monoisotopic (exact) mass is 440 g/mol. The summed E-state index contributed by atoms with van der Waals surface area (Å²) in [5.41, 5.74) is 9.65. The number of anilines is 2. The number of ether oxygens (including phenoxy) is 5. The Kier molecular flexibility index (Phi) is 9.12. The molecule has 1 aromatic rings. The third kappa shape index (κ3) is 4.69. The number of benzene rings is 1. The SMILES string of the molecule is CCOC(OCC)(OCC)C(OCC)(OCC)N1c2cc(C(C)C)c(N)cc2CC1O. The van der Waals surface area contributed by atoms with Crippen LogP contribution in [0.15, 0.2) is 12.1 Å². The largest absolute Gasteiger partial charge is 0.398 e. The Hall–Kier alpha value is -1.42. The molecular weight excluding hydrogens is 400 g/mol. The van der Waals surface area contributed by atoms with Crippen LogP contribution in [0.5, 0.6) is 0 Å². The molecule has 0 radical (unpaired) electrons. The lowest BCUT2D eigenvalue weighted by Crippen LogP contribution is -2.72. The third-order valence-corrected chi connectivity index (χ3v) is 5.25. The molecule has 2 rings (SSSR count). The van der Waals surface area contributed by atoms with E-state index in [4.69, 9.17) is 29.4 Å². The van der Waals surface area contributed by atoms with Crippen molar-refractivity contribution in [3.8, 4) is 0 Å².